The SMILES string of the molecule is C=Cc1ccccc1CCC(C)C(=O)N(CC/N=C(/C)c1cc(CC)c(CC)cc1N=C)CCNC. The van der Waals surface area contributed by atoms with Gasteiger partial charge in [-0.2, -0.15) is 0 Å². The summed E-state index contributed by atoms with van der Waals surface area (Å²) < 4.78 is 0. The highest BCUT2D eigenvalue weighted by atomic mass is 16.2. The first-order valence-electron chi connectivity index (χ1n) is 13.2. The second-order valence-electron chi connectivity index (χ2n) is 9.24. The summed E-state index contributed by atoms with van der Waals surface area (Å²) in [5.74, 6) is 0.123. The molecule has 0 spiro atoms. The van der Waals surface area contributed by atoms with Crippen molar-refractivity contribution in [2.45, 2.75) is 53.4 Å². The maximum atomic E-state index is 13.3. The molecule has 0 bridgehead atoms. The molecule has 1 amide bonds. The van der Waals surface area contributed by atoms with Crippen LogP contribution in [-0.4, -0.2) is 56.5 Å². The fourth-order valence-electron chi connectivity index (χ4n) is 4.53. The molecule has 0 aliphatic rings. The first-order chi connectivity index (χ1) is 17.4. The van der Waals surface area contributed by atoms with Crippen molar-refractivity contribution in [1.29, 1.82) is 0 Å². The van der Waals surface area contributed by atoms with Crippen LogP contribution in [0.2, 0.25) is 0 Å². The number of aryl methyl sites for hydroxylation is 3. The number of benzene rings is 2. The summed E-state index contributed by atoms with van der Waals surface area (Å²) in [5, 5.41) is 3.17. The van der Waals surface area contributed by atoms with Gasteiger partial charge in [-0.25, -0.2) is 0 Å². The van der Waals surface area contributed by atoms with Gasteiger partial charge in [0.25, 0.3) is 0 Å². The van der Waals surface area contributed by atoms with Gasteiger partial charge in [0.15, 0.2) is 0 Å². The van der Waals surface area contributed by atoms with E-state index in [0.29, 0.717) is 19.6 Å². The molecule has 1 atom stereocenters. The number of nitrogens with one attached hydrogen (secondary N) is 1. The molecule has 2 aromatic rings. The molecule has 0 aliphatic heterocycles. The highest BCUT2D eigenvalue weighted by molar-refractivity contribution is 6.03. The highest BCUT2D eigenvalue weighted by Crippen LogP contribution is 2.26. The number of aliphatic imine (C=N–C) groups is 2. The second-order valence-corrected chi connectivity index (χ2v) is 9.24. The van der Waals surface area contributed by atoms with Crippen LogP contribution in [0.4, 0.5) is 5.69 Å². The maximum Gasteiger partial charge on any atom is 0.225 e. The van der Waals surface area contributed by atoms with Crippen LogP contribution in [0.15, 0.2) is 53.0 Å². The van der Waals surface area contributed by atoms with Crippen LogP contribution in [0.3, 0.4) is 0 Å². The van der Waals surface area contributed by atoms with E-state index in [1.54, 1.807) is 0 Å². The largest absolute Gasteiger partial charge is 0.339 e. The minimum absolute atomic E-state index is 0.0601. The summed E-state index contributed by atoms with van der Waals surface area (Å²) in [5.41, 5.74) is 7.85. The third kappa shape index (κ3) is 7.99. The molecule has 0 saturated carbocycles. The van der Waals surface area contributed by atoms with Crippen LogP contribution in [0.5, 0.6) is 0 Å². The molecule has 194 valence electrons. The Morgan fingerprint density at radius 1 is 1.11 bits per heavy atom. The lowest BCUT2D eigenvalue weighted by Gasteiger charge is -2.25. The van der Waals surface area contributed by atoms with Gasteiger partial charge >= 0.3 is 0 Å². The van der Waals surface area contributed by atoms with Gasteiger partial charge in [-0.05, 0) is 80.8 Å². The van der Waals surface area contributed by atoms with E-state index in [-0.39, 0.29) is 11.8 Å². The van der Waals surface area contributed by atoms with Gasteiger partial charge in [0.2, 0.25) is 5.91 Å². The molecule has 1 unspecified atom stereocenters. The van der Waals surface area contributed by atoms with Crippen LogP contribution in [-0.2, 0) is 24.1 Å². The van der Waals surface area contributed by atoms with Gasteiger partial charge < -0.3 is 10.2 Å². The van der Waals surface area contributed by atoms with E-state index in [1.165, 1.54) is 16.7 Å². The van der Waals surface area contributed by atoms with Gasteiger partial charge in [-0.3, -0.25) is 14.8 Å². The molecule has 1 N–H and O–H groups in total. The van der Waals surface area contributed by atoms with Crippen LogP contribution in [0, 0.1) is 5.92 Å². The fraction of sp³-hybridized carbons (Fsp3) is 0.452. The van der Waals surface area contributed by atoms with Gasteiger partial charge in [-0.1, -0.05) is 57.7 Å². The van der Waals surface area contributed by atoms with Crippen molar-refractivity contribution in [3.8, 4) is 0 Å². The molecule has 2 aromatic carbocycles. The number of nitrogens with zero attached hydrogens (tertiary/aromatic N) is 3. The molecule has 0 aliphatic carbocycles. The zero-order chi connectivity index (χ0) is 26.5. The van der Waals surface area contributed by atoms with E-state index < -0.39 is 0 Å². The van der Waals surface area contributed by atoms with E-state index in [0.717, 1.165) is 54.8 Å². The number of carbonyl (C=O) groups is 1. The summed E-state index contributed by atoms with van der Waals surface area (Å²) in [6.07, 6.45) is 5.50. The number of rotatable bonds is 15. The standard InChI is InChI=1S/C31H44N4O/c1-8-25-13-11-12-14-28(25)16-15-23(4)31(36)35(19-17-32-6)20-18-34-24(5)29-21-26(9-2)27(10-3)22-30(29)33-7/h8,11-14,21-23,32H,1,7,9-10,15-20H2,2-6H3/b34-24-. The third-order valence-electron chi connectivity index (χ3n) is 6.85. The molecule has 5 heteroatoms. The third-order valence-corrected chi connectivity index (χ3v) is 6.85. The average molecular weight is 489 g/mol. The van der Waals surface area contributed by atoms with E-state index in [1.807, 2.05) is 44.0 Å². The lowest BCUT2D eigenvalue weighted by atomic mass is 9.96. The Morgan fingerprint density at radius 2 is 1.81 bits per heavy atom. The normalized spacial score (nSPS) is 12.3. The zero-order valence-corrected chi connectivity index (χ0v) is 22.9. The molecular formula is C31H44N4O. The first-order valence-corrected chi connectivity index (χ1v) is 13.2. The minimum Gasteiger partial charge on any atom is -0.339 e. The molecule has 0 fully saturated rings. The Bertz CT molecular complexity index is 1060. The number of likely N-dealkylation sites (N-methyl/N-ethyl adjacent to an activating group) is 1. The number of carbonyl (C=O) groups excluding carboxylic acids is 1. The summed E-state index contributed by atoms with van der Waals surface area (Å²) in [6, 6.07) is 12.6. The Morgan fingerprint density at radius 3 is 2.44 bits per heavy atom. The van der Waals surface area contributed by atoms with E-state index in [4.69, 9.17) is 4.99 Å². The Kier molecular flexibility index (Phi) is 12.3. The molecule has 2 rings (SSSR count). The Labute approximate surface area is 218 Å². The number of hydrogen-bond acceptors (Lipinski definition) is 4. The van der Waals surface area contributed by atoms with E-state index in [9.17, 15) is 4.79 Å². The minimum atomic E-state index is -0.0601. The van der Waals surface area contributed by atoms with Gasteiger partial charge in [-0.15, -0.1) is 0 Å². The van der Waals surface area contributed by atoms with Gasteiger partial charge in [0.1, 0.15) is 0 Å². The smallest absolute Gasteiger partial charge is 0.225 e. The van der Waals surface area contributed by atoms with E-state index in [2.05, 4.69) is 61.7 Å². The summed E-state index contributed by atoms with van der Waals surface area (Å²) in [6.45, 7) is 18.6. The lowest BCUT2D eigenvalue weighted by molar-refractivity contribution is -0.135. The van der Waals surface area contributed by atoms with E-state index >= 15 is 0 Å². The van der Waals surface area contributed by atoms with Crippen LogP contribution in [0.1, 0.15) is 61.9 Å². The molecule has 5 nitrogen and oxygen atoms in total. The predicted molar refractivity (Wildman–Crippen MR) is 156 cm³/mol. The molecule has 0 heterocycles. The summed E-state index contributed by atoms with van der Waals surface area (Å²) in [7, 11) is 1.91. The van der Waals surface area contributed by atoms with Crippen molar-refractivity contribution >= 4 is 30.1 Å². The van der Waals surface area contributed by atoms with Crippen molar-refractivity contribution in [1.82, 2.24) is 10.2 Å². The van der Waals surface area contributed by atoms with Crippen LogP contribution < -0.4 is 5.32 Å². The number of hydrogen-bond donors (Lipinski definition) is 1. The van der Waals surface area contributed by atoms with Gasteiger partial charge in [0, 0.05) is 36.8 Å². The topological polar surface area (TPSA) is 57.1 Å². The van der Waals surface area contributed by atoms with Crippen molar-refractivity contribution < 1.29 is 4.79 Å². The quantitative estimate of drug-likeness (QED) is 0.317. The second kappa shape index (κ2) is 15.1. The van der Waals surface area contributed by atoms with Crippen LogP contribution >= 0.6 is 0 Å². The molecular weight excluding hydrogens is 444 g/mol. The van der Waals surface area contributed by atoms with Crippen molar-refractivity contribution in [3.05, 3.63) is 70.8 Å². The maximum absolute atomic E-state index is 13.3. The summed E-state index contributed by atoms with van der Waals surface area (Å²) >= 11 is 0. The van der Waals surface area contributed by atoms with Gasteiger partial charge in [0.05, 0.1) is 12.2 Å². The zero-order valence-electron chi connectivity index (χ0n) is 22.9. The lowest BCUT2D eigenvalue weighted by Crippen LogP contribution is -2.41. The molecule has 0 aromatic heterocycles. The number of amides is 1. The van der Waals surface area contributed by atoms with Crippen molar-refractivity contribution in [3.63, 3.8) is 0 Å². The monoisotopic (exact) mass is 488 g/mol. The fourth-order valence-corrected chi connectivity index (χ4v) is 4.53. The van der Waals surface area contributed by atoms with Crippen LogP contribution in [0.25, 0.3) is 6.08 Å². The Hall–Kier alpha value is -3.05. The Balaban J connectivity index is 2.10. The molecule has 0 saturated heterocycles. The predicted octanol–water partition coefficient (Wildman–Crippen LogP) is 5.91. The molecule has 0 radical (unpaired) electrons. The molecule has 36 heavy (non-hydrogen) atoms. The average Bonchev–Trinajstić information content (AvgIpc) is 2.92. The summed E-state index contributed by atoms with van der Waals surface area (Å²) in [4.78, 5) is 24.4. The van der Waals surface area contributed by atoms with Crippen molar-refractivity contribution in [2.24, 2.45) is 15.9 Å². The van der Waals surface area contributed by atoms with Crippen molar-refractivity contribution in [2.75, 3.05) is 33.2 Å². The first kappa shape index (κ1) is 29.2. The highest BCUT2D eigenvalue weighted by Gasteiger charge is 2.20.